The van der Waals surface area contributed by atoms with Gasteiger partial charge in [-0.25, -0.2) is 0 Å². The summed E-state index contributed by atoms with van der Waals surface area (Å²) in [5.74, 6) is -1.28. The highest BCUT2D eigenvalue weighted by Gasteiger charge is 2.47. The van der Waals surface area contributed by atoms with Crippen LogP contribution in [-0.4, -0.2) is 99.6 Å². The maximum atomic E-state index is 13.4. The Bertz CT molecular complexity index is 1570. The maximum Gasteiger partial charge on any atom is 0.306 e. The number of unbranched alkanes of at least 4 members (excludes halogenated alkanes) is 27. The fraction of sp³-hybridized carbons (Fsp3) is 0.758. The summed E-state index contributed by atoms with van der Waals surface area (Å²) < 4.78 is 17.6. The van der Waals surface area contributed by atoms with Gasteiger partial charge in [0.05, 0.1) is 25.4 Å². The minimum atomic E-state index is -1.63. The van der Waals surface area contributed by atoms with E-state index in [1.54, 1.807) is 12.2 Å². The second-order valence-electron chi connectivity index (χ2n) is 21.4. The van der Waals surface area contributed by atoms with Crippen molar-refractivity contribution in [2.24, 2.45) is 0 Å². The molecular formula is C66H115NO10. The lowest BCUT2D eigenvalue weighted by Crippen LogP contribution is -2.61. The highest BCUT2D eigenvalue weighted by molar-refractivity contribution is 5.81. The third-order valence-electron chi connectivity index (χ3n) is 14.3. The normalized spacial score (nSPS) is 19.6. The predicted molar refractivity (Wildman–Crippen MR) is 319 cm³/mol. The van der Waals surface area contributed by atoms with Gasteiger partial charge in [-0.2, -0.15) is 0 Å². The first-order valence-corrected chi connectivity index (χ1v) is 31.4. The number of allylic oxidation sites excluding steroid dienone is 12. The van der Waals surface area contributed by atoms with Crippen LogP contribution < -0.4 is 5.32 Å². The number of aliphatic hydroxyl groups excluding tert-OH is 5. The van der Waals surface area contributed by atoms with Crippen LogP contribution in [-0.2, 0) is 23.8 Å². The summed E-state index contributed by atoms with van der Waals surface area (Å²) in [6.07, 6.45) is 59.2. The largest absolute Gasteiger partial charge is 0.454 e. The Hall–Kier alpha value is -3.16. The fourth-order valence-corrected chi connectivity index (χ4v) is 9.37. The molecule has 0 bridgehead atoms. The molecule has 0 spiro atoms. The van der Waals surface area contributed by atoms with Crippen molar-refractivity contribution in [2.45, 2.75) is 307 Å². The van der Waals surface area contributed by atoms with Crippen LogP contribution in [0.2, 0.25) is 0 Å². The van der Waals surface area contributed by atoms with Gasteiger partial charge >= 0.3 is 5.97 Å². The quantitative estimate of drug-likeness (QED) is 0.0195. The molecule has 1 aliphatic rings. The lowest BCUT2D eigenvalue weighted by Gasteiger charge is -2.41. The lowest BCUT2D eigenvalue weighted by atomic mass is 9.99. The van der Waals surface area contributed by atoms with Crippen molar-refractivity contribution < 1.29 is 49.3 Å². The molecule has 1 saturated heterocycles. The van der Waals surface area contributed by atoms with Crippen LogP contribution in [0.15, 0.2) is 85.1 Å². The SMILES string of the molecule is CC/C=C\C/C=C\C/C=C\C/C=C\C/C=C\C/C=C\CC(O)C(=O)NC(COC1OC(CO)C(O)C(O)C1OC(=O)CCCCCCCCCCCCCCCCCCC)C(O)/C=C/CCCCCCCCCCCCC. The van der Waals surface area contributed by atoms with E-state index in [9.17, 15) is 35.1 Å². The second kappa shape index (κ2) is 53.5. The van der Waals surface area contributed by atoms with Gasteiger partial charge in [0.1, 0.15) is 24.4 Å². The van der Waals surface area contributed by atoms with E-state index < -0.39 is 67.4 Å². The van der Waals surface area contributed by atoms with Crippen molar-refractivity contribution >= 4 is 11.9 Å². The summed E-state index contributed by atoms with van der Waals surface area (Å²) >= 11 is 0. The Morgan fingerprint density at radius 2 is 0.922 bits per heavy atom. The first-order valence-electron chi connectivity index (χ1n) is 31.4. The van der Waals surface area contributed by atoms with Gasteiger partial charge in [0.15, 0.2) is 12.4 Å². The zero-order valence-corrected chi connectivity index (χ0v) is 49.1. The van der Waals surface area contributed by atoms with Gasteiger partial charge in [0, 0.05) is 12.8 Å². The molecule has 0 aromatic rings. The van der Waals surface area contributed by atoms with Crippen LogP contribution in [0.3, 0.4) is 0 Å². The van der Waals surface area contributed by atoms with Gasteiger partial charge in [0.2, 0.25) is 5.91 Å². The van der Waals surface area contributed by atoms with Crippen LogP contribution in [0.5, 0.6) is 0 Å². The number of carbonyl (C=O) groups excluding carboxylic acids is 2. The Morgan fingerprint density at radius 3 is 1.35 bits per heavy atom. The fourth-order valence-electron chi connectivity index (χ4n) is 9.37. The number of carbonyl (C=O) groups is 2. The van der Waals surface area contributed by atoms with Crippen LogP contribution in [0.1, 0.15) is 258 Å². The summed E-state index contributed by atoms with van der Waals surface area (Å²) in [4.78, 5) is 26.5. The molecule has 1 aliphatic heterocycles. The third-order valence-corrected chi connectivity index (χ3v) is 14.3. The molecule has 11 nitrogen and oxygen atoms in total. The predicted octanol–water partition coefficient (Wildman–Crippen LogP) is 14.9. The van der Waals surface area contributed by atoms with Crippen molar-refractivity contribution in [3.8, 4) is 0 Å². The van der Waals surface area contributed by atoms with Gasteiger partial charge in [-0.15, -0.1) is 0 Å². The zero-order valence-electron chi connectivity index (χ0n) is 49.1. The Labute approximate surface area is 470 Å². The molecule has 1 rings (SSSR count). The van der Waals surface area contributed by atoms with E-state index in [4.69, 9.17) is 14.2 Å². The molecule has 1 fully saturated rings. The molecule has 0 aromatic heterocycles. The van der Waals surface area contributed by atoms with E-state index in [-0.39, 0.29) is 19.4 Å². The molecule has 1 heterocycles. The first-order chi connectivity index (χ1) is 37.7. The smallest absolute Gasteiger partial charge is 0.306 e. The average molecular weight is 1080 g/mol. The molecule has 0 saturated carbocycles. The molecule has 0 aliphatic carbocycles. The zero-order chi connectivity index (χ0) is 56.1. The van der Waals surface area contributed by atoms with Gasteiger partial charge in [-0.1, -0.05) is 273 Å². The molecular weight excluding hydrogens is 967 g/mol. The standard InChI is InChI=1S/C66H115NO10/c1-4-7-10-13-16-19-22-25-27-29-31-32-35-38-41-44-47-50-53-59(70)65(74)67-57(58(69)52-49-46-43-40-37-34-24-21-18-15-12-9-6-3)56-75-66-64(63(73)62(72)60(55-68)76-66)77-61(71)54-51-48-45-42-39-36-33-30-28-26-23-20-17-14-11-8-5-2/h7,10,16,19,25,27,31-32,38,41,47,49-50,52,57-60,62-64,66,68-70,72-73H,4-6,8-9,11-15,17-18,20-24,26,28-30,33-37,39-40,42-46,48,51,53-56H2,1-3H3,(H,67,74)/b10-7-,19-16-,27-25-,32-31-,41-38-,50-47-,52-49+. The van der Waals surface area contributed by atoms with E-state index in [0.717, 1.165) is 77.0 Å². The number of aliphatic hydroxyl groups is 5. The van der Waals surface area contributed by atoms with E-state index in [1.807, 2.05) is 18.2 Å². The molecule has 77 heavy (non-hydrogen) atoms. The topological polar surface area (TPSA) is 175 Å². The minimum Gasteiger partial charge on any atom is -0.454 e. The van der Waals surface area contributed by atoms with E-state index >= 15 is 0 Å². The van der Waals surface area contributed by atoms with Crippen molar-refractivity contribution in [3.63, 3.8) is 0 Å². The molecule has 0 aromatic carbocycles. The highest BCUT2D eigenvalue weighted by atomic mass is 16.7. The Morgan fingerprint density at radius 1 is 0.519 bits per heavy atom. The number of ether oxygens (including phenoxy) is 3. The number of amides is 1. The van der Waals surface area contributed by atoms with Crippen molar-refractivity contribution in [2.75, 3.05) is 13.2 Å². The Kier molecular flexibility index (Phi) is 49.9. The van der Waals surface area contributed by atoms with Gasteiger partial charge in [-0.3, -0.25) is 9.59 Å². The third kappa shape index (κ3) is 41.5. The van der Waals surface area contributed by atoms with E-state index in [2.05, 4.69) is 80.8 Å². The van der Waals surface area contributed by atoms with Crippen molar-refractivity contribution in [1.82, 2.24) is 5.32 Å². The summed E-state index contributed by atoms with van der Waals surface area (Å²) in [5, 5.41) is 56.9. The van der Waals surface area contributed by atoms with Crippen LogP contribution in [0, 0.1) is 0 Å². The van der Waals surface area contributed by atoms with E-state index in [1.165, 1.54) is 135 Å². The minimum absolute atomic E-state index is 0.0559. The maximum absolute atomic E-state index is 13.4. The second-order valence-corrected chi connectivity index (χ2v) is 21.4. The number of nitrogens with one attached hydrogen (secondary N) is 1. The van der Waals surface area contributed by atoms with Crippen LogP contribution >= 0.6 is 0 Å². The van der Waals surface area contributed by atoms with Gasteiger partial charge in [-0.05, 0) is 57.8 Å². The van der Waals surface area contributed by atoms with E-state index in [0.29, 0.717) is 12.8 Å². The molecule has 0 radical (unpaired) electrons. The number of hydrogen-bond donors (Lipinski definition) is 6. The average Bonchev–Trinajstić information content (AvgIpc) is 3.43. The number of hydrogen-bond acceptors (Lipinski definition) is 10. The summed E-state index contributed by atoms with van der Waals surface area (Å²) in [5.41, 5.74) is 0. The highest BCUT2D eigenvalue weighted by Crippen LogP contribution is 2.26. The van der Waals surface area contributed by atoms with Crippen molar-refractivity contribution in [3.05, 3.63) is 85.1 Å². The Balaban J connectivity index is 2.74. The summed E-state index contributed by atoms with van der Waals surface area (Å²) in [6, 6.07) is -1.07. The summed E-state index contributed by atoms with van der Waals surface area (Å²) in [6.45, 7) is 5.64. The number of rotatable bonds is 52. The monoisotopic (exact) mass is 1080 g/mol. The molecule has 1 amide bonds. The molecule has 8 unspecified atom stereocenters. The van der Waals surface area contributed by atoms with Gasteiger partial charge < -0.3 is 45.1 Å². The van der Waals surface area contributed by atoms with Gasteiger partial charge in [0.25, 0.3) is 0 Å². The van der Waals surface area contributed by atoms with Crippen LogP contribution in [0.4, 0.5) is 0 Å². The van der Waals surface area contributed by atoms with Crippen molar-refractivity contribution in [1.29, 1.82) is 0 Å². The summed E-state index contributed by atoms with van der Waals surface area (Å²) in [7, 11) is 0. The first kappa shape index (κ1) is 71.9. The lowest BCUT2D eigenvalue weighted by molar-refractivity contribution is -0.305. The molecule has 444 valence electrons. The van der Waals surface area contributed by atoms with Crippen LogP contribution in [0.25, 0.3) is 0 Å². The molecule has 11 heteroatoms. The number of esters is 1. The molecule has 6 N–H and O–H groups in total. The molecule has 8 atom stereocenters.